The summed E-state index contributed by atoms with van der Waals surface area (Å²) >= 11 is 3.40. The Morgan fingerprint density at radius 3 is 2.82 bits per heavy atom. The molecule has 0 saturated carbocycles. The minimum Gasteiger partial charge on any atom is -0.368 e. The first-order chi connectivity index (χ1) is 8.11. The largest absolute Gasteiger partial charge is 0.368 e. The molecule has 2 rings (SSSR count). The van der Waals surface area contributed by atoms with Gasteiger partial charge in [-0.05, 0) is 32.2 Å². The highest BCUT2D eigenvalue weighted by Gasteiger charge is 2.22. The highest BCUT2D eigenvalue weighted by molar-refractivity contribution is 9.10. The summed E-state index contributed by atoms with van der Waals surface area (Å²) in [6, 6.07) is 8.72. The number of benzene rings is 1. The molecule has 0 aliphatic carbocycles. The molecule has 90 valence electrons. The topological polar surface area (TPSA) is 30.3 Å². The molecule has 3 nitrogen and oxygen atoms in total. The molecule has 17 heavy (non-hydrogen) atoms. The molecule has 4 heteroatoms. The number of nitrogens with zero attached hydrogens (tertiary/aromatic N) is 3. The maximum atomic E-state index is 9.18. The third-order valence-corrected chi connectivity index (χ3v) is 3.87. The van der Waals surface area contributed by atoms with Gasteiger partial charge in [-0.25, -0.2) is 0 Å². The number of nitriles is 1. The number of hydrogen-bond donors (Lipinski definition) is 0. The molecule has 0 aromatic heterocycles. The molecule has 1 saturated heterocycles. The summed E-state index contributed by atoms with van der Waals surface area (Å²) in [5.41, 5.74) is 1.80. The lowest BCUT2D eigenvalue weighted by molar-refractivity contribution is 0.234. The van der Waals surface area contributed by atoms with Gasteiger partial charge < -0.3 is 9.80 Å². The van der Waals surface area contributed by atoms with Gasteiger partial charge in [0.2, 0.25) is 0 Å². The highest BCUT2D eigenvalue weighted by atomic mass is 79.9. The van der Waals surface area contributed by atoms with Crippen LogP contribution in [0.2, 0.25) is 0 Å². The third-order valence-electron chi connectivity index (χ3n) is 3.38. The zero-order chi connectivity index (χ0) is 12.4. The fourth-order valence-corrected chi connectivity index (χ4v) is 2.50. The van der Waals surface area contributed by atoms with Crippen molar-refractivity contribution in [2.75, 3.05) is 31.6 Å². The quantitative estimate of drug-likeness (QED) is 0.797. The van der Waals surface area contributed by atoms with Crippen molar-refractivity contribution in [1.29, 1.82) is 5.26 Å². The average molecular weight is 294 g/mol. The van der Waals surface area contributed by atoms with E-state index in [2.05, 4.69) is 45.8 Å². The first-order valence-corrected chi connectivity index (χ1v) is 6.56. The van der Waals surface area contributed by atoms with Crippen LogP contribution in [0.4, 0.5) is 5.69 Å². The zero-order valence-corrected chi connectivity index (χ0v) is 11.7. The van der Waals surface area contributed by atoms with Gasteiger partial charge in [-0.3, -0.25) is 0 Å². The van der Waals surface area contributed by atoms with Crippen molar-refractivity contribution in [3.8, 4) is 6.07 Å². The molecule has 0 bridgehead atoms. The van der Waals surface area contributed by atoms with E-state index in [1.54, 1.807) is 0 Å². The SMILES string of the molecule is CC1CN(c2ccc(Br)cc2C#N)CCN1C. The minimum absolute atomic E-state index is 0.527. The summed E-state index contributed by atoms with van der Waals surface area (Å²) in [6.07, 6.45) is 0. The lowest BCUT2D eigenvalue weighted by Gasteiger charge is -2.39. The smallest absolute Gasteiger partial charge is 0.101 e. The maximum absolute atomic E-state index is 9.18. The normalized spacial score (nSPS) is 21.3. The molecule has 0 N–H and O–H groups in total. The first-order valence-electron chi connectivity index (χ1n) is 5.76. The number of piperazine rings is 1. The Bertz CT molecular complexity index is 452. The van der Waals surface area contributed by atoms with Crippen LogP contribution in [-0.4, -0.2) is 37.6 Å². The van der Waals surface area contributed by atoms with Gasteiger partial charge in [-0.15, -0.1) is 0 Å². The van der Waals surface area contributed by atoms with E-state index in [4.69, 9.17) is 0 Å². The molecular formula is C13H16BrN3. The van der Waals surface area contributed by atoms with Gasteiger partial charge in [-0.2, -0.15) is 5.26 Å². The van der Waals surface area contributed by atoms with Crippen molar-refractivity contribution in [3.05, 3.63) is 28.2 Å². The number of likely N-dealkylation sites (N-methyl/N-ethyl adjacent to an activating group) is 1. The van der Waals surface area contributed by atoms with Gasteiger partial charge in [0.05, 0.1) is 11.3 Å². The van der Waals surface area contributed by atoms with E-state index in [0.717, 1.165) is 35.4 Å². The molecule has 1 heterocycles. The maximum Gasteiger partial charge on any atom is 0.101 e. The first kappa shape index (κ1) is 12.4. The van der Waals surface area contributed by atoms with E-state index < -0.39 is 0 Å². The molecule has 1 aromatic carbocycles. The minimum atomic E-state index is 0.527. The fraction of sp³-hybridized carbons (Fsp3) is 0.462. The van der Waals surface area contributed by atoms with Crippen LogP contribution < -0.4 is 4.90 Å². The summed E-state index contributed by atoms with van der Waals surface area (Å²) in [5, 5.41) is 9.18. The van der Waals surface area contributed by atoms with Crippen molar-refractivity contribution in [3.63, 3.8) is 0 Å². The van der Waals surface area contributed by atoms with Gasteiger partial charge in [0.25, 0.3) is 0 Å². The Morgan fingerprint density at radius 1 is 1.41 bits per heavy atom. The molecule has 1 fully saturated rings. The Kier molecular flexibility index (Phi) is 3.70. The summed E-state index contributed by atoms with van der Waals surface area (Å²) in [4.78, 5) is 4.65. The number of anilines is 1. The number of rotatable bonds is 1. The summed E-state index contributed by atoms with van der Waals surface area (Å²) in [6.45, 7) is 5.23. The van der Waals surface area contributed by atoms with E-state index >= 15 is 0 Å². The second-order valence-electron chi connectivity index (χ2n) is 4.55. The van der Waals surface area contributed by atoms with Crippen LogP contribution in [0.3, 0.4) is 0 Å². The molecule has 1 aliphatic rings. The predicted molar refractivity (Wildman–Crippen MR) is 73.2 cm³/mol. The van der Waals surface area contributed by atoms with E-state index in [9.17, 15) is 5.26 Å². The second-order valence-corrected chi connectivity index (χ2v) is 5.46. The second kappa shape index (κ2) is 5.07. The van der Waals surface area contributed by atoms with E-state index in [1.807, 2.05) is 18.2 Å². The van der Waals surface area contributed by atoms with Crippen LogP contribution in [0.1, 0.15) is 12.5 Å². The summed E-state index contributed by atoms with van der Waals surface area (Å²) < 4.78 is 0.958. The molecule has 1 aliphatic heterocycles. The zero-order valence-electron chi connectivity index (χ0n) is 10.2. The summed E-state index contributed by atoms with van der Waals surface area (Å²) in [7, 11) is 2.15. The highest BCUT2D eigenvalue weighted by Crippen LogP contribution is 2.25. The van der Waals surface area contributed by atoms with Crippen LogP contribution in [-0.2, 0) is 0 Å². The monoisotopic (exact) mass is 293 g/mol. The fourth-order valence-electron chi connectivity index (χ4n) is 2.14. The van der Waals surface area contributed by atoms with Crippen LogP contribution in [0.25, 0.3) is 0 Å². The molecule has 1 atom stereocenters. The van der Waals surface area contributed by atoms with Gasteiger partial charge >= 0.3 is 0 Å². The van der Waals surface area contributed by atoms with Crippen LogP contribution in [0, 0.1) is 11.3 Å². The Balaban J connectivity index is 2.26. The standard InChI is InChI=1S/C13H16BrN3/c1-10-9-17(6-5-16(10)2)13-4-3-12(14)7-11(13)8-15/h3-4,7,10H,5-6,9H2,1-2H3. The molecule has 0 amide bonds. The molecule has 1 unspecified atom stereocenters. The Labute approximate surface area is 111 Å². The van der Waals surface area contributed by atoms with E-state index in [0.29, 0.717) is 6.04 Å². The molecule has 1 aromatic rings. The summed E-state index contributed by atoms with van der Waals surface area (Å²) in [5.74, 6) is 0. The Morgan fingerprint density at radius 2 is 2.18 bits per heavy atom. The lowest BCUT2D eigenvalue weighted by atomic mass is 10.1. The van der Waals surface area contributed by atoms with E-state index in [1.165, 1.54) is 0 Å². The number of halogens is 1. The molecule has 0 spiro atoms. The number of hydrogen-bond acceptors (Lipinski definition) is 3. The average Bonchev–Trinajstić information content (AvgIpc) is 2.32. The van der Waals surface area contributed by atoms with E-state index in [-0.39, 0.29) is 0 Å². The van der Waals surface area contributed by atoms with Gasteiger partial charge in [-0.1, -0.05) is 15.9 Å². The van der Waals surface area contributed by atoms with Gasteiger partial charge in [0.15, 0.2) is 0 Å². The predicted octanol–water partition coefficient (Wildman–Crippen LogP) is 2.46. The van der Waals surface area contributed by atoms with Crippen LogP contribution in [0.15, 0.2) is 22.7 Å². The van der Waals surface area contributed by atoms with Crippen molar-refractivity contribution in [2.45, 2.75) is 13.0 Å². The van der Waals surface area contributed by atoms with Crippen molar-refractivity contribution >= 4 is 21.6 Å². The van der Waals surface area contributed by atoms with Crippen molar-refractivity contribution < 1.29 is 0 Å². The molecule has 0 radical (unpaired) electrons. The van der Waals surface area contributed by atoms with Crippen LogP contribution in [0.5, 0.6) is 0 Å². The van der Waals surface area contributed by atoms with Gasteiger partial charge in [0.1, 0.15) is 6.07 Å². The molecular weight excluding hydrogens is 278 g/mol. The van der Waals surface area contributed by atoms with Gasteiger partial charge in [0, 0.05) is 30.1 Å². The van der Waals surface area contributed by atoms with Crippen LogP contribution >= 0.6 is 15.9 Å². The third kappa shape index (κ3) is 2.62. The lowest BCUT2D eigenvalue weighted by Crippen LogP contribution is -2.50. The van der Waals surface area contributed by atoms with Crippen molar-refractivity contribution in [2.24, 2.45) is 0 Å². The van der Waals surface area contributed by atoms with Crippen molar-refractivity contribution in [1.82, 2.24) is 4.90 Å². The Hall–Kier alpha value is -1.05.